The van der Waals surface area contributed by atoms with Gasteiger partial charge in [-0.15, -0.1) is 0 Å². The molecule has 0 aromatic carbocycles. The van der Waals surface area contributed by atoms with Crippen LogP contribution in [0.2, 0.25) is 0 Å². The number of carboxylic acids is 1. The van der Waals surface area contributed by atoms with Crippen molar-refractivity contribution in [2.45, 2.75) is 151 Å². The maximum atomic E-state index is 13.5. The van der Waals surface area contributed by atoms with Gasteiger partial charge in [-0.25, -0.2) is 0 Å². The number of nitrogens with one attached hydrogen (secondary N) is 5. The predicted molar refractivity (Wildman–Crippen MR) is 182 cm³/mol. The molecule has 0 heterocycles. The Morgan fingerprint density at radius 1 is 0.479 bits per heavy atom. The quantitative estimate of drug-likeness (QED) is 0.0825. The Kier molecular flexibility index (Phi) is 20.2. The van der Waals surface area contributed by atoms with Crippen molar-refractivity contribution in [3.8, 4) is 0 Å². The molecule has 48 heavy (non-hydrogen) atoms. The highest BCUT2D eigenvalue weighted by atomic mass is 16.4. The Labute approximate surface area is 286 Å². The summed E-state index contributed by atoms with van der Waals surface area (Å²) in [5, 5.41) is 43.9. The monoisotopic (exact) mass is 685 g/mol. The first-order valence-corrected chi connectivity index (χ1v) is 17.1. The third kappa shape index (κ3) is 17.8. The van der Waals surface area contributed by atoms with Crippen LogP contribution in [0.5, 0.6) is 0 Å². The Morgan fingerprint density at radius 3 is 1.29 bits per heavy atom. The van der Waals surface area contributed by atoms with Crippen molar-refractivity contribution in [2.24, 2.45) is 29.6 Å². The minimum atomic E-state index is -1.33. The number of aliphatic hydroxyl groups is 2. The number of aliphatic hydroxyl groups excluding tert-OH is 2. The molecular weight excluding hydrogens is 622 g/mol. The molecule has 0 spiro atoms. The molecule has 8 N–H and O–H groups in total. The second-order valence-corrected chi connectivity index (χ2v) is 14.8. The average Bonchev–Trinajstić information content (AvgIpc) is 2.91. The summed E-state index contributed by atoms with van der Waals surface area (Å²) in [6.45, 7) is 19.8. The van der Waals surface area contributed by atoms with Gasteiger partial charge in [0.2, 0.25) is 29.5 Å². The Bertz CT molecular complexity index is 1060. The van der Waals surface area contributed by atoms with Gasteiger partial charge in [0, 0.05) is 6.42 Å². The van der Waals surface area contributed by atoms with Crippen molar-refractivity contribution in [3.05, 3.63) is 0 Å². The van der Waals surface area contributed by atoms with Crippen LogP contribution in [0.1, 0.15) is 108 Å². The van der Waals surface area contributed by atoms with E-state index in [1.165, 1.54) is 6.92 Å². The Hall–Kier alpha value is -3.26. The molecule has 0 aliphatic rings. The Balaban J connectivity index is 5.60. The summed E-state index contributed by atoms with van der Waals surface area (Å²) in [4.78, 5) is 75.9. The van der Waals surface area contributed by atoms with Crippen LogP contribution in [-0.4, -0.2) is 93.2 Å². The summed E-state index contributed by atoms with van der Waals surface area (Å²) in [6.07, 6.45) is -2.76. The van der Waals surface area contributed by atoms with Crippen molar-refractivity contribution in [1.29, 1.82) is 0 Å². The standard InChI is InChI=1S/C34H63N5O9/c1-17(2)12-23(37-33(47)31(21(9)10)39-34(48)30(20(7)8)38-27(42)14-19(5)6)25(40)15-28(43)35-22(11)32(46)36-24(13-18(3)4)26(41)16-29(44)45/h17-26,30-31,40-41H,12-16H2,1-11H3,(H,35,43)(H,36,46)(H,37,47)(H,38,42)(H,39,48)(H,44,45)/t22-,23-,24-,25-,26-,30-,31+/m1/s1. The van der Waals surface area contributed by atoms with Crippen LogP contribution >= 0.6 is 0 Å². The summed E-state index contributed by atoms with van der Waals surface area (Å²) in [7, 11) is 0. The van der Waals surface area contributed by atoms with Crippen molar-refractivity contribution in [3.63, 3.8) is 0 Å². The van der Waals surface area contributed by atoms with Crippen molar-refractivity contribution < 1.29 is 44.1 Å². The fourth-order valence-electron chi connectivity index (χ4n) is 5.16. The molecule has 0 saturated heterocycles. The summed E-state index contributed by atoms with van der Waals surface area (Å²) in [5.74, 6) is -4.25. The molecule has 0 bridgehead atoms. The lowest BCUT2D eigenvalue weighted by Gasteiger charge is -2.31. The zero-order valence-corrected chi connectivity index (χ0v) is 30.8. The Morgan fingerprint density at radius 2 is 0.875 bits per heavy atom. The number of carboxylic acid groups (broad SMARTS) is 1. The maximum absolute atomic E-state index is 13.5. The fourth-order valence-corrected chi connectivity index (χ4v) is 5.16. The summed E-state index contributed by atoms with van der Waals surface area (Å²) < 4.78 is 0. The number of hydrogen-bond donors (Lipinski definition) is 8. The molecule has 14 heteroatoms. The van der Waals surface area contributed by atoms with Gasteiger partial charge in [-0.3, -0.25) is 28.8 Å². The molecule has 0 aliphatic heterocycles. The summed E-state index contributed by atoms with van der Waals surface area (Å²) >= 11 is 0. The largest absolute Gasteiger partial charge is 0.481 e. The van der Waals surface area contributed by atoms with Gasteiger partial charge < -0.3 is 41.9 Å². The average molecular weight is 686 g/mol. The number of rotatable bonds is 22. The van der Waals surface area contributed by atoms with E-state index in [1.54, 1.807) is 27.7 Å². The van der Waals surface area contributed by atoms with Gasteiger partial charge >= 0.3 is 5.97 Å². The van der Waals surface area contributed by atoms with E-state index in [0.29, 0.717) is 12.8 Å². The lowest BCUT2D eigenvalue weighted by atomic mass is 9.95. The zero-order valence-electron chi connectivity index (χ0n) is 30.8. The topological polar surface area (TPSA) is 223 Å². The van der Waals surface area contributed by atoms with E-state index in [9.17, 15) is 39.0 Å². The summed E-state index contributed by atoms with van der Waals surface area (Å²) in [6, 6.07) is -4.61. The third-order valence-corrected chi connectivity index (χ3v) is 7.69. The highest BCUT2D eigenvalue weighted by Crippen LogP contribution is 2.15. The molecule has 0 aromatic heterocycles. The second kappa shape index (κ2) is 21.7. The van der Waals surface area contributed by atoms with Gasteiger partial charge in [0.25, 0.3) is 0 Å². The molecule has 0 rings (SSSR count). The van der Waals surface area contributed by atoms with Crippen LogP contribution in [0.25, 0.3) is 0 Å². The SMILES string of the molecule is CC(C)CC(=O)N[C@@H](C(=O)N[C@H](C(=O)N[C@H](CC(C)C)[C@H](O)CC(=O)N[C@H](C)C(=O)N[C@H](CC(C)C)[C@H](O)CC(=O)O)C(C)C)C(C)C. The van der Waals surface area contributed by atoms with E-state index in [1.807, 2.05) is 41.5 Å². The molecule has 0 unspecified atom stereocenters. The van der Waals surface area contributed by atoms with E-state index in [0.717, 1.165) is 0 Å². The maximum Gasteiger partial charge on any atom is 0.306 e. The zero-order chi connectivity index (χ0) is 37.5. The van der Waals surface area contributed by atoms with E-state index in [4.69, 9.17) is 5.11 Å². The molecule has 7 atom stereocenters. The molecule has 0 aliphatic carbocycles. The minimum Gasteiger partial charge on any atom is -0.481 e. The highest BCUT2D eigenvalue weighted by Gasteiger charge is 2.34. The molecule has 0 fully saturated rings. The number of carbonyl (C=O) groups excluding carboxylic acids is 5. The lowest BCUT2D eigenvalue weighted by molar-refractivity contribution is -0.140. The van der Waals surface area contributed by atoms with Gasteiger partial charge in [-0.2, -0.15) is 0 Å². The van der Waals surface area contributed by atoms with Crippen LogP contribution in [0.3, 0.4) is 0 Å². The van der Waals surface area contributed by atoms with Crippen molar-refractivity contribution in [1.82, 2.24) is 26.6 Å². The number of hydrogen-bond acceptors (Lipinski definition) is 8. The van der Waals surface area contributed by atoms with Crippen molar-refractivity contribution in [2.75, 3.05) is 0 Å². The number of amides is 5. The first-order valence-electron chi connectivity index (χ1n) is 17.1. The van der Waals surface area contributed by atoms with Crippen LogP contribution in [0.15, 0.2) is 0 Å². The third-order valence-electron chi connectivity index (χ3n) is 7.69. The van der Waals surface area contributed by atoms with E-state index < -0.39 is 84.9 Å². The molecule has 0 saturated carbocycles. The normalized spacial score (nSPS) is 16.1. The van der Waals surface area contributed by atoms with Gasteiger partial charge in [0.15, 0.2) is 0 Å². The number of carbonyl (C=O) groups is 6. The molecular formula is C34H63N5O9. The fraction of sp³-hybridized carbons (Fsp3) is 0.824. The van der Waals surface area contributed by atoms with Gasteiger partial charge in [-0.05, 0) is 49.4 Å². The number of aliphatic carboxylic acids is 1. The highest BCUT2D eigenvalue weighted by molar-refractivity contribution is 5.92. The lowest BCUT2D eigenvalue weighted by Crippen LogP contribution is -2.59. The van der Waals surface area contributed by atoms with E-state index >= 15 is 0 Å². The second-order valence-electron chi connectivity index (χ2n) is 14.8. The predicted octanol–water partition coefficient (Wildman–Crippen LogP) is 1.47. The molecule has 14 nitrogen and oxygen atoms in total. The molecule has 278 valence electrons. The van der Waals surface area contributed by atoms with Gasteiger partial charge in [-0.1, -0.05) is 69.2 Å². The van der Waals surface area contributed by atoms with Gasteiger partial charge in [0.05, 0.1) is 37.1 Å². The van der Waals surface area contributed by atoms with Crippen LogP contribution in [0.4, 0.5) is 0 Å². The van der Waals surface area contributed by atoms with Crippen LogP contribution < -0.4 is 26.6 Å². The van der Waals surface area contributed by atoms with Crippen LogP contribution in [0, 0.1) is 29.6 Å². The van der Waals surface area contributed by atoms with E-state index in [2.05, 4.69) is 26.6 Å². The summed E-state index contributed by atoms with van der Waals surface area (Å²) in [5.41, 5.74) is 0. The first kappa shape index (κ1) is 44.7. The minimum absolute atomic E-state index is 0.0152. The molecule has 5 amide bonds. The molecule has 0 aromatic rings. The first-order chi connectivity index (χ1) is 22.0. The molecule has 0 radical (unpaired) electrons. The smallest absolute Gasteiger partial charge is 0.306 e. The van der Waals surface area contributed by atoms with Crippen molar-refractivity contribution >= 4 is 35.5 Å². The van der Waals surface area contributed by atoms with E-state index in [-0.39, 0.29) is 41.9 Å². The van der Waals surface area contributed by atoms with Gasteiger partial charge in [0.1, 0.15) is 18.1 Å². The van der Waals surface area contributed by atoms with Crippen LogP contribution in [-0.2, 0) is 28.8 Å².